The first-order valence-corrected chi connectivity index (χ1v) is 5.67. The van der Waals surface area contributed by atoms with E-state index in [1.54, 1.807) is 12.1 Å². The van der Waals surface area contributed by atoms with Crippen molar-refractivity contribution in [3.05, 3.63) is 53.7 Å². The lowest BCUT2D eigenvalue weighted by Crippen LogP contribution is -2.13. The molecular formula is C14H10FN3O2. The first-order valence-electron chi connectivity index (χ1n) is 5.67. The molecule has 100 valence electrons. The number of anilines is 1. The monoisotopic (exact) mass is 271 g/mol. The summed E-state index contributed by atoms with van der Waals surface area (Å²) in [6.07, 6.45) is 3.74. The maximum absolute atomic E-state index is 13.0. The van der Waals surface area contributed by atoms with Crippen LogP contribution in [0.5, 0.6) is 0 Å². The van der Waals surface area contributed by atoms with E-state index < -0.39 is 11.7 Å². The van der Waals surface area contributed by atoms with Gasteiger partial charge in [-0.25, -0.2) is 9.37 Å². The van der Waals surface area contributed by atoms with E-state index in [1.165, 1.54) is 12.4 Å². The first kappa shape index (κ1) is 13.6. The molecule has 2 heterocycles. The van der Waals surface area contributed by atoms with Crippen LogP contribution in [0.4, 0.5) is 10.2 Å². The molecule has 0 fully saturated rings. The standard InChI is InChI=1S/C14H10FN3O2/c15-12-7-11(8-16-9-12)14(20)18-13-6-10(2-1-5-19)3-4-17-13/h3-4,6-9,19H,5H2,(H,17,18,20). The van der Waals surface area contributed by atoms with Crippen LogP contribution in [0.3, 0.4) is 0 Å². The van der Waals surface area contributed by atoms with Crippen LogP contribution >= 0.6 is 0 Å². The van der Waals surface area contributed by atoms with Gasteiger partial charge in [0.05, 0.1) is 11.8 Å². The van der Waals surface area contributed by atoms with Gasteiger partial charge in [-0.15, -0.1) is 0 Å². The van der Waals surface area contributed by atoms with E-state index in [0.717, 1.165) is 12.3 Å². The molecule has 6 heteroatoms. The second-order valence-corrected chi connectivity index (χ2v) is 3.74. The summed E-state index contributed by atoms with van der Waals surface area (Å²) >= 11 is 0. The molecule has 2 N–H and O–H groups in total. The molecule has 0 aromatic carbocycles. The van der Waals surface area contributed by atoms with Crippen LogP contribution < -0.4 is 5.32 Å². The SMILES string of the molecule is O=C(Nc1cc(C#CCO)ccn1)c1cncc(F)c1. The number of carbonyl (C=O) groups is 1. The van der Waals surface area contributed by atoms with E-state index in [4.69, 9.17) is 5.11 Å². The quantitative estimate of drug-likeness (QED) is 0.805. The van der Waals surface area contributed by atoms with Crippen molar-refractivity contribution in [2.24, 2.45) is 0 Å². The molecule has 0 bridgehead atoms. The van der Waals surface area contributed by atoms with Crippen molar-refractivity contribution in [2.45, 2.75) is 0 Å². The maximum Gasteiger partial charge on any atom is 0.258 e. The summed E-state index contributed by atoms with van der Waals surface area (Å²) in [5.74, 6) is 4.36. The average Bonchev–Trinajstić information content (AvgIpc) is 2.45. The van der Waals surface area contributed by atoms with Gasteiger partial charge in [-0.1, -0.05) is 11.8 Å². The van der Waals surface area contributed by atoms with Crippen LogP contribution in [0.1, 0.15) is 15.9 Å². The highest BCUT2D eigenvalue weighted by atomic mass is 19.1. The fraction of sp³-hybridized carbons (Fsp3) is 0.0714. The van der Waals surface area contributed by atoms with Gasteiger partial charge in [0, 0.05) is 18.0 Å². The van der Waals surface area contributed by atoms with E-state index in [9.17, 15) is 9.18 Å². The van der Waals surface area contributed by atoms with Crippen molar-refractivity contribution >= 4 is 11.7 Å². The van der Waals surface area contributed by atoms with E-state index in [2.05, 4.69) is 27.1 Å². The van der Waals surface area contributed by atoms with E-state index in [1.807, 2.05) is 0 Å². The van der Waals surface area contributed by atoms with E-state index >= 15 is 0 Å². The molecule has 0 saturated carbocycles. The second kappa shape index (κ2) is 6.41. The molecule has 2 rings (SSSR count). The third-order valence-electron chi connectivity index (χ3n) is 2.28. The molecule has 0 radical (unpaired) electrons. The summed E-state index contributed by atoms with van der Waals surface area (Å²) < 4.78 is 13.0. The van der Waals surface area contributed by atoms with Crippen molar-refractivity contribution in [3.63, 3.8) is 0 Å². The van der Waals surface area contributed by atoms with Crippen LogP contribution in [0, 0.1) is 17.7 Å². The Morgan fingerprint density at radius 2 is 2.25 bits per heavy atom. The van der Waals surface area contributed by atoms with Gasteiger partial charge in [-0.05, 0) is 18.2 Å². The topological polar surface area (TPSA) is 75.1 Å². The largest absolute Gasteiger partial charge is 0.384 e. The Labute approximate surface area is 114 Å². The molecule has 5 nitrogen and oxygen atoms in total. The summed E-state index contributed by atoms with van der Waals surface area (Å²) in [5.41, 5.74) is 0.695. The normalized spacial score (nSPS) is 9.50. The highest BCUT2D eigenvalue weighted by molar-refractivity contribution is 6.03. The smallest absolute Gasteiger partial charge is 0.258 e. The van der Waals surface area contributed by atoms with Crippen molar-refractivity contribution in [2.75, 3.05) is 11.9 Å². The molecule has 0 saturated heterocycles. The average molecular weight is 271 g/mol. The minimum Gasteiger partial charge on any atom is -0.384 e. The second-order valence-electron chi connectivity index (χ2n) is 3.74. The van der Waals surface area contributed by atoms with Crippen LogP contribution in [-0.4, -0.2) is 27.6 Å². The number of carbonyl (C=O) groups excluding carboxylic acids is 1. The zero-order valence-corrected chi connectivity index (χ0v) is 10.3. The fourth-order valence-corrected chi connectivity index (χ4v) is 1.44. The molecule has 20 heavy (non-hydrogen) atoms. The van der Waals surface area contributed by atoms with E-state index in [0.29, 0.717) is 5.56 Å². The number of amides is 1. The van der Waals surface area contributed by atoms with Gasteiger partial charge in [0.15, 0.2) is 0 Å². The molecule has 0 aliphatic rings. The number of pyridine rings is 2. The Morgan fingerprint density at radius 3 is 3.00 bits per heavy atom. The van der Waals surface area contributed by atoms with Crippen LogP contribution in [0.15, 0.2) is 36.8 Å². The Hall–Kier alpha value is -2.78. The van der Waals surface area contributed by atoms with E-state index in [-0.39, 0.29) is 18.0 Å². The predicted molar refractivity (Wildman–Crippen MR) is 70.3 cm³/mol. The van der Waals surface area contributed by atoms with Crippen molar-refractivity contribution < 1.29 is 14.3 Å². The lowest BCUT2D eigenvalue weighted by molar-refractivity contribution is 0.102. The summed E-state index contributed by atoms with van der Waals surface area (Å²) in [6.45, 7) is -0.251. The summed E-state index contributed by atoms with van der Waals surface area (Å²) in [4.78, 5) is 19.4. The number of aromatic nitrogens is 2. The van der Waals surface area contributed by atoms with Gasteiger partial charge in [-0.3, -0.25) is 9.78 Å². The number of aliphatic hydroxyl groups excluding tert-OH is 1. The highest BCUT2D eigenvalue weighted by Crippen LogP contribution is 2.08. The van der Waals surface area contributed by atoms with Gasteiger partial charge in [0.2, 0.25) is 0 Å². The number of halogens is 1. The molecule has 0 spiro atoms. The first-order chi connectivity index (χ1) is 9.69. The Kier molecular flexibility index (Phi) is 4.37. The van der Waals surface area contributed by atoms with Crippen molar-refractivity contribution in [1.29, 1.82) is 0 Å². The number of hydrogen-bond donors (Lipinski definition) is 2. The number of aliphatic hydroxyl groups is 1. The summed E-state index contributed by atoms with van der Waals surface area (Å²) in [6, 6.07) is 4.27. The molecule has 2 aromatic heterocycles. The van der Waals surface area contributed by atoms with Gasteiger partial charge in [-0.2, -0.15) is 0 Å². The van der Waals surface area contributed by atoms with Crippen LogP contribution in [0.25, 0.3) is 0 Å². The third-order valence-corrected chi connectivity index (χ3v) is 2.28. The third kappa shape index (κ3) is 3.60. The van der Waals surface area contributed by atoms with Gasteiger partial charge in [0.25, 0.3) is 5.91 Å². The molecule has 0 aliphatic heterocycles. The number of hydrogen-bond acceptors (Lipinski definition) is 4. The highest BCUT2D eigenvalue weighted by Gasteiger charge is 2.08. The lowest BCUT2D eigenvalue weighted by Gasteiger charge is -2.04. The van der Waals surface area contributed by atoms with Gasteiger partial charge in [0.1, 0.15) is 18.2 Å². The molecule has 0 aliphatic carbocycles. The molecule has 0 unspecified atom stereocenters. The summed E-state index contributed by atoms with van der Waals surface area (Å²) in [5, 5.41) is 11.1. The van der Waals surface area contributed by atoms with Crippen molar-refractivity contribution in [1.82, 2.24) is 9.97 Å². The molecule has 1 amide bonds. The predicted octanol–water partition coefficient (Wildman–Crippen LogP) is 1.21. The molecular weight excluding hydrogens is 261 g/mol. The lowest BCUT2D eigenvalue weighted by atomic mass is 10.2. The summed E-state index contributed by atoms with van der Waals surface area (Å²) in [7, 11) is 0. The minimum absolute atomic E-state index is 0.0960. The van der Waals surface area contributed by atoms with Crippen LogP contribution in [0.2, 0.25) is 0 Å². The Bertz CT molecular complexity index is 692. The van der Waals surface area contributed by atoms with Gasteiger partial charge >= 0.3 is 0 Å². The number of rotatable bonds is 2. The fourth-order valence-electron chi connectivity index (χ4n) is 1.44. The number of nitrogens with one attached hydrogen (secondary N) is 1. The Morgan fingerprint density at radius 1 is 1.40 bits per heavy atom. The maximum atomic E-state index is 13.0. The zero-order valence-electron chi connectivity index (χ0n) is 10.3. The van der Waals surface area contributed by atoms with Crippen molar-refractivity contribution in [3.8, 4) is 11.8 Å². The van der Waals surface area contributed by atoms with Gasteiger partial charge < -0.3 is 10.4 Å². The molecule has 2 aromatic rings. The Balaban J connectivity index is 2.15. The zero-order chi connectivity index (χ0) is 14.4. The number of nitrogens with zero attached hydrogens (tertiary/aromatic N) is 2. The molecule has 0 atom stereocenters. The van der Waals surface area contributed by atoms with Crippen LogP contribution in [-0.2, 0) is 0 Å². The minimum atomic E-state index is -0.590.